The highest BCUT2D eigenvalue weighted by Crippen LogP contribution is 2.22. The maximum Gasteiger partial charge on any atom is 0.406 e. The van der Waals surface area contributed by atoms with Crippen molar-refractivity contribution in [2.24, 2.45) is 0 Å². The third-order valence-electron chi connectivity index (χ3n) is 2.47. The van der Waals surface area contributed by atoms with E-state index in [-0.39, 0.29) is 18.6 Å². The lowest BCUT2D eigenvalue weighted by Gasteiger charge is -2.27. The molecule has 0 aromatic carbocycles. The summed E-state index contributed by atoms with van der Waals surface area (Å²) < 4.78 is 37.4. The molecular formula is C11H16F3N3O. The van der Waals surface area contributed by atoms with Crippen LogP contribution in [0.2, 0.25) is 0 Å². The van der Waals surface area contributed by atoms with Crippen LogP contribution in [0.5, 0.6) is 0 Å². The summed E-state index contributed by atoms with van der Waals surface area (Å²) in [5, 5.41) is 8.97. The van der Waals surface area contributed by atoms with Gasteiger partial charge in [0.2, 0.25) is 5.95 Å². The summed E-state index contributed by atoms with van der Waals surface area (Å²) >= 11 is 0. The zero-order valence-corrected chi connectivity index (χ0v) is 10.5. The fourth-order valence-corrected chi connectivity index (χ4v) is 1.45. The largest absolute Gasteiger partial charge is 0.406 e. The number of anilines is 1. The standard InChI is InChI=1S/C11H16F3N3O/c1-7(2)17(6-11(12,13)14)10-15-4-9(5-18)8(3)16-10/h4,7,18H,5-6H2,1-3H3. The first-order valence-corrected chi connectivity index (χ1v) is 5.51. The van der Waals surface area contributed by atoms with Crippen LogP contribution in [-0.2, 0) is 6.61 Å². The van der Waals surface area contributed by atoms with E-state index in [0.717, 1.165) is 4.90 Å². The highest BCUT2D eigenvalue weighted by Gasteiger charge is 2.33. The summed E-state index contributed by atoms with van der Waals surface area (Å²) in [6.45, 7) is 3.59. The number of halogens is 3. The molecule has 1 heterocycles. The van der Waals surface area contributed by atoms with Crippen molar-refractivity contribution in [3.05, 3.63) is 17.5 Å². The van der Waals surface area contributed by atoms with Crippen LogP contribution >= 0.6 is 0 Å². The van der Waals surface area contributed by atoms with Crippen molar-refractivity contribution in [2.75, 3.05) is 11.4 Å². The third-order valence-corrected chi connectivity index (χ3v) is 2.47. The number of rotatable bonds is 4. The van der Waals surface area contributed by atoms with Crippen molar-refractivity contribution < 1.29 is 18.3 Å². The second-order valence-electron chi connectivity index (χ2n) is 4.28. The van der Waals surface area contributed by atoms with Crippen molar-refractivity contribution in [2.45, 2.75) is 39.6 Å². The van der Waals surface area contributed by atoms with Gasteiger partial charge in [-0.1, -0.05) is 0 Å². The average molecular weight is 263 g/mol. The summed E-state index contributed by atoms with van der Waals surface area (Å²) in [6.07, 6.45) is -2.96. The van der Waals surface area contributed by atoms with Crippen LogP contribution in [0.4, 0.5) is 19.1 Å². The monoisotopic (exact) mass is 263 g/mol. The van der Waals surface area contributed by atoms with Gasteiger partial charge in [-0.2, -0.15) is 13.2 Å². The van der Waals surface area contributed by atoms with Gasteiger partial charge in [0.15, 0.2) is 0 Å². The summed E-state index contributed by atoms with van der Waals surface area (Å²) in [5.74, 6) is 0.0250. The Morgan fingerprint density at radius 1 is 1.39 bits per heavy atom. The fourth-order valence-electron chi connectivity index (χ4n) is 1.45. The van der Waals surface area contributed by atoms with E-state index >= 15 is 0 Å². The van der Waals surface area contributed by atoms with Crippen LogP contribution in [-0.4, -0.2) is 33.8 Å². The van der Waals surface area contributed by atoms with Gasteiger partial charge in [0.05, 0.1) is 6.61 Å². The van der Waals surface area contributed by atoms with Gasteiger partial charge >= 0.3 is 6.18 Å². The Balaban J connectivity index is 3.03. The predicted octanol–water partition coefficient (Wildman–Crippen LogP) is 2.05. The lowest BCUT2D eigenvalue weighted by molar-refractivity contribution is -0.120. The van der Waals surface area contributed by atoms with Crippen molar-refractivity contribution in [1.29, 1.82) is 0 Å². The number of aromatic nitrogens is 2. The molecule has 0 amide bonds. The van der Waals surface area contributed by atoms with Crippen molar-refractivity contribution in [3.63, 3.8) is 0 Å². The Hall–Kier alpha value is -1.37. The average Bonchev–Trinajstić information content (AvgIpc) is 2.24. The summed E-state index contributed by atoms with van der Waals surface area (Å²) in [5.41, 5.74) is 0.991. The second-order valence-corrected chi connectivity index (χ2v) is 4.28. The molecule has 1 N–H and O–H groups in total. The first-order valence-electron chi connectivity index (χ1n) is 5.51. The number of nitrogens with zero attached hydrogens (tertiary/aromatic N) is 3. The molecule has 0 unspecified atom stereocenters. The molecule has 4 nitrogen and oxygen atoms in total. The van der Waals surface area contributed by atoms with Crippen LogP contribution in [0.25, 0.3) is 0 Å². The molecule has 102 valence electrons. The van der Waals surface area contributed by atoms with E-state index in [1.165, 1.54) is 6.20 Å². The van der Waals surface area contributed by atoms with Crippen LogP contribution in [0.3, 0.4) is 0 Å². The SMILES string of the molecule is Cc1nc(N(CC(F)(F)F)C(C)C)ncc1CO. The molecule has 1 aromatic rings. The molecule has 18 heavy (non-hydrogen) atoms. The number of hydrogen-bond acceptors (Lipinski definition) is 4. The van der Waals surface area contributed by atoms with E-state index < -0.39 is 12.7 Å². The Morgan fingerprint density at radius 3 is 2.39 bits per heavy atom. The molecule has 0 atom stereocenters. The van der Waals surface area contributed by atoms with E-state index in [9.17, 15) is 13.2 Å². The minimum atomic E-state index is -4.31. The number of hydrogen-bond donors (Lipinski definition) is 1. The molecule has 0 aliphatic rings. The Labute approximate surface area is 103 Å². The van der Waals surface area contributed by atoms with Gasteiger partial charge in [0, 0.05) is 23.5 Å². The summed E-state index contributed by atoms with van der Waals surface area (Å²) in [4.78, 5) is 8.95. The zero-order chi connectivity index (χ0) is 13.9. The number of alkyl halides is 3. The quantitative estimate of drug-likeness (QED) is 0.903. The molecule has 0 fully saturated rings. The van der Waals surface area contributed by atoms with Crippen LogP contribution in [0, 0.1) is 6.92 Å². The highest BCUT2D eigenvalue weighted by molar-refractivity contribution is 5.34. The molecule has 0 radical (unpaired) electrons. The molecule has 7 heteroatoms. The van der Waals surface area contributed by atoms with Crippen LogP contribution < -0.4 is 4.90 Å². The van der Waals surface area contributed by atoms with Crippen molar-refractivity contribution in [1.82, 2.24) is 9.97 Å². The van der Waals surface area contributed by atoms with Gasteiger partial charge < -0.3 is 10.0 Å². The highest BCUT2D eigenvalue weighted by atomic mass is 19.4. The first-order chi connectivity index (χ1) is 8.24. The lowest BCUT2D eigenvalue weighted by Crippen LogP contribution is -2.40. The maximum atomic E-state index is 12.5. The number of aliphatic hydroxyl groups excluding tert-OH is 1. The molecular weight excluding hydrogens is 247 g/mol. The molecule has 0 spiro atoms. The smallest absolute Gasteiger partial charge is 0.392 e. The molecule has 0 aliphatic heterocycles. The van der Waals surface area contributed by atoms with Gasteiger partial charge in [-0.3, -0.25) is 0 Å². The van der Waals surface area contributed by atoms with Gasteiger partial charge in [-0.15, -0.1) is 0 Å². The first kappa shape index (κ1) is 14.7. The molecule has 0 aliphatic carbocycles. The van der Waals surface area contributed by atoms with Crippen LogP contribution in [0.15, 0.2) is 6.20 Å². The van der Waals surface area contributed by atoms with E-state index in [0.29, 0.717) is 11.3 Å². The summed E-state index contributed by atoms with van der Waals surface area (Å²) in [6, 6.07) is -0.369. The second kappa shape index (κ2) is 5.51. The fraction of sp³-hybridized carbons (Fsp3) is 0.636. The topological polar surface area (TPSA) is 49.2 Å². The van der Waals surface area contributed by atoms with Crippen LogP contribution in [0.1, 0.15) is 25.1 Å². The Bertz CT molecular complexity index is 407. The van der Waals surface area contributed by atoms with Gasteiger partial charge in [0.25, 0.3) is 0 Å². The molecule has 1 aromatic heterocycles. The minimum Gasteiger partial charge on any atom is -0.392 e. The number of aryl methyl sites for hydroxylation is 1. The van der Waals surface area contributed by atoms with E-state index in [1.54, 1.807) is 20.8 Å². The molecule has 0 saturated heterocycles. The molecule has 0 saturated carbocycles. The zero-order valence-electron chi connectivity index (χ0n) is 10.5. The normalized spacial score (nSPS) is 12.0. The minimum absolute atomic E-state index is 0.0250. The summed E-state index contributed by atoms with van der Waals surface area (Å²) in [7, 11) is 0. The van der Waals surface area contributed by atoms with Gasteiger partial charge in [-0.25, -0.2) is 9.97 Å². The predicted molar refractivity (Wildman–Crippen MR) is 61.2 cm³/mol. The third kappa shape index (κ3) is 3.83. The van der Waals surface area contributed by atoms with E-state index in [4.69, 9.17) is 5.11 Å². The van der Waals surface area contributed by atoms with Gasteiger partial charge in [0.1, 0.15) is 6.54 Å². The van der Waals surface area contributed by atoms with E-state index in [1.807, 2.05) is 0 Å². The van der Waals surface area contributed by atoms with Crippen molar-refractivity contribution >= 4 is 5.95 Å². The number of aliphatic hydroxyl groups is 1. The lowest BCUT2D eigenvalue weighted by atomic mass is 10.2. The molecule has 0 bridgehead atoms. The van der Waals surface area contributed by atoms with Crippen molar-refractivity contribution in [3.8, 4) is 0 Å². The molecule has 1 rings (SSSR count). The maximum absolute atomic E-state index is 12.5. The Kier molecular flexibility index (Phi) is 4.50. The van der Waals surface area contributed by atoms with E-state index in [2.05, 4.69) is 9.97 Å². The Morgan fingerprint density at radius 2 is 2.00 bits per heavy atom. The van der Waals surface area contributed by atoms with Gasteiger partial charge in [-0.05, 0) is 20.8 Å².